The molecule has 3 fully saturated rings. The van der Waals surface area contributed by atoms with Crippen LogP contribution in [0.5, 0.6) is 0 Å². The first kappa shape index (κ1) is 33.6. The van der Waals surface area contributed by atoms with Crippen molar-refractivity contribution in [3.05, 3.63) is 52.9 Å². The average Bonchev–Trinajstić information content (AvgIpc) is 3.82. The minimum absolute atomic E-state index is 0.0923. The van der Waals surface area contributed by atoms with Crippen LogP contribution in [-0.2, 0) is 9.59 Å². The number of anilines is 1. The number of nitrogens with one attached hydrogen (secondary N) is 2. The van der Waals surface area contributed by atoms with Crippen molar-refractivity contribution in [3.8, 4) is 10.4 Å². The molecule has 11 nitrogen and oxygen atoms in total. The molecule has 1 aromatic carbocycles. The third kappa shape index (κ3) is 7.72. The van der Waals surface area contributed by atoms with E-state index < -0.39 is 18.1 Å². The van der Waals surface area contributed by atoms with E-state index in [-0.39, 0.29) is 36.7 Å². The Hall–Kier alpha value is -3.32. The van der Waals surface area contributed by atoms with Crippen LogP contribution < -0.4 is 15.5 Å². The van der Waals surface area contributed by atoms with Gasteiger partial charge in [-0.3, -0.25) is 14.5 Å². The molecule has 3 N–H and O–H groups in total. The molecule has 0 aliphatic carbocycles. The highest BCUT2D eigenvalue weighted by atomic mass is 32.1. The lowest BCUT2D eigenvalue weighted by Crippen LogP contribution is -2.49. The van der Waals surface area contributed by atoms with Crippen molar-refractivity contribution < 1.29 is 19.2 Å². The van der Waals surface area contributed by atoms with Gasteiger partial charge in [0.1, 0.15) is 12.0 Å². The van der Waals surface area contributed by atoms with Crippen molar-refractivity contribution in [2.75, 3.05) is 57.3 Å². The number of carbonyl (C=O) groups is 2. The lowest BCUT2D eigenvalue weighted by atomic mass is 9.91. The van der Waals surface area contributed by atoms with Gasteiger partial charge in [-0.1, -0.05) is 43.3 Å². The number of piperazine rings is 1. The third-order valence-electron chi connectivity index (χ3n) is 10.0. The first-order valence-corrected chi connectivity index (χ1v) is 18.0. The van der Waals surface area contributed by atoms with Crippen LogP contribution in [0.4, 0.5) is 5.82 Å². The Morgan fingerprint density at radius 2 is 1.91 bits per heavy atom. The van der Waals surface area contributed by atoms with E-state index in [1.807, 2.05) is 63.5 Å². The van der Waals surface area contributed by atoms with Crippen LogP contribution in [0, 0.1) is 18.8 Å². The minimum atomic E-state index is -0.772. The maximum atomic E-state index is 14.1. The lowest BCUT2D eigenvalue weighted by Gasteiger charge is -2.37. The lowest BCUT2D eigenvalue weighted by molar-refractivity contribution is -0.141. The average molecular weight is 664 g/mol. The molecular formula is C35H49N7O4S. The summed E-state index contributed by atoms with van der Waals surface area (Å²) in [5.74, 6) is 0.770. The molecule has 5 atom stereocenters. The standard InChI is InChI=1S/C35H49N7O4S/c1-22(2)32(30-17-31(39-46-30)41-14-12-40(13-15-41)19-25-6-5-11-36-18-25)35(45)42-20-28(43)16-29(42)34(44)38-23(3)26-7-9-27(10-8-26)33-24(4)37-21-47-33/h7-10,17,21-23,25,28-29,32,36,43H,5-6,11-16,18-20H2,1-4H3,(H,38,44)/t23?,25-,28-,29+,32?/m1/s1. The zero-order valence-corrected chi connectivity index (χ0v) is 28.8. The number of β-amino-alcohol motifs (C(OH)–C–C–N with tert-alkyl or cyclic N) is 1. The maximum absolute atomic E-state index is 14.1. The predicted molar refractivity (Wildman–Crippen MR) is 183 cm³/mol. The summed E-state index contributed by atoms with van der Waals surface area (Å²) in [6, 6.07) is 8.96. The molecule has 12 heteroatoms. The van der Waals surface area contributed by atoms with Gasteiger partial charge in [0.25, 0.3) is 0 Å². The highest BCUT2D eigenvalue weighted by molar-refractivity contribution is 7.13. The van der Waals surface area contributed by atoms with Gasteiger partial charge in [-0.25, -0.2) is 4.98 Å². The quantitative estimate of drug-likeness (QED) is 0.297. The summed E-state index contributed by atoms with van der Waals surface area (Å²) in [7, 11) is 0. The summed E-state index contributed by atoms with van der Waals surface area (Å²) >= 11 is 1.61. The number of aliphatic hydroxyl groups is 1. The first-order valence-electron chi connectivity index (χ1n) is 17.1. The number of carbonyl (C=O) groups excluding carboxylic acids is 2. The van der Waals surface area contributed by atoms with Crippen LogP contribution >= 0.6 is 11.3 Å². The van der Waals surface area contributed by atoms with Gasteiger partial charge in [0.2, 0.25) is 11.8 Å². The van der Waals surface area contributed by atoms with Crippen LogP contribution in [0.15, 0.2) is 40.4 Å². The molecule has 5 heterocycles. The summed E-state index contributed by atoms with van der Waals surface area (Å²) in [4.78, 5) is 39.5. The number of aromatic nitrogens is 2. The van der Waals surface area contributed by atoms with Crippen molar-refractivity contribution in [2.24, 2.45) is 11.8 Å². The van der Waals surface area contributed by atoms with Crippen LogP contribution in [0.3, 0.4) is 0 Å². The number of likely N-dealkylation sites (tertiary alicyclic amines) is 1. The molecule has 0 spiro atoms. The van der Waals surface area contributed by atoms with E-state index >= 15 is 0 Å². The van der Waals surface area contributed by atoms with Crippen molar-refractivity contribution in [1.29, 1.82) is 0 Å². The van der Waals surface area contributed by atoms with Crippen molar-refractivity contribution in [1.82, 2.24) is 30.6 Å². The number of rotatable bonds is 10. The Balaban J connectivity index is 1.08. The number of thiazole rings is 1. The number of hydrogen-bond donors (Lipinski definition) is 3. The van der Waals surface area contributed by atoms with Crippen LogP contribution in [0.25, 0.3) is 10.4 Å². The van der Waals surface area contributed by atoms with Crippen LogP contribution in [-0.4, -0.2) is 101 Å². The Morgan fingerprint density at radius 3 is 2.57 bits per heavy atom. The number of aryl methyl sites for hydroxylation is 1. The van der Waals surface area contributed by atoms with E-state index in [1.165, 1.54) is 17.7 Å². The van der Waals surface area contributed by atoms with Crippen LogP contribution in [0.2, 0.25) is 0 Å². The monoisotopic (exact) mass is 663 g/mol. The van der Waals surface area contributed by atoms with Gasteiger partial charge < -0.3 is 30.1 Å². The molecule has 3 aliphatic heterocycles. The summed E-state index contributed by atoms with van der Waals surface area (Å²) < 4.78 is 5.83. The molecule has 0 bridgehead atoms. The fourth-order valence-electron chi connectivity index (χ4n) is 7.29. The van der Waals surface area contributed by atoms with Crippen LogP contribution in [0.1, 0.15) is 69.0 Å². The van der Waals surface area contributed by atoms with E-state index in [4.69, 9.17) is 4.52 Å². The van der Waals surface area contributed by atoms with Gasteiger partial charge >= 0.3 is 0 Å². The molecule has 3 aromatic rings. The highest BCUT2D eigenvalue weighted by Gasteiger charge is 2.43. The Bertz CT molecular complexity index is 1490. The number of aliphatic hydroxyl groups excluding tert-OH is 1. The van der Waals surface area contributed by atoms with Crippen molar-refractivity contribution in [2.45, 2.75) is 71.1 Å². The molecule has 2 unspecified atom stereocenters. The second-order valence-corrected chi connectivity index (χ2v) is 14.7. The molecule has 2 aromatic heterocycles. The first-order chi connectivity index (χ1) is 22.7. The second-order valence-electron chi connectivity index (χ2n) is 13.8. The molecule has 47 heavy (non-hydrogen) atoms. The molecule has 3 aliphatic rings. The molecule has 3 saturated heterocycles. The summed E-state index contributed by atoms with van der Waals surface area (Å²) in [5.41, 5.74) is 4.89. The third-order valence-corrected chi connectivity index (χ3v) is 11.0. The highest BCUT2D eigenvalue weighted by Crippen LogP contribution is 2.33. The topological polar surface area (TPSA) is 127 Å². The number of hydrogen-bond acceptors (Lipinski definition) is 10. The van der Waals surface area contributed by atoms with Gasteiger partial charge in [0, 0.05) is 51.8 Å². The minimum Gasteiger partial charge on any atom is -0.391 e. The molecular weight excluding hydrogens is 614 g/mol. The Labute approximate surface area is 281 Å². The van der Waals surface area contributed by atoms with E-state index in [0.717, 1.165) is 79.2 Å². The predicted octanol–water partition coefficient (Wildman–Crippen LogP) is 3.81. The largest absolute Gasteiger partial charge is 0.391 e. The zero-order chi connectivity index (χ0) is 33.1. The van der Waals surface area contributed by atoms with Gasteiger partial charge in [-0.05, 0) is 62.7 Å². The van der Waals surface area contributed by atoms with E-state index in [9.17, 15) is 14.7 Å². The van der Waals surface area contributed by atoms with E-state index in [2.05, 4.69) is 30.6 Å². The molecule has 254 valence electrons. The fraction of sp³-hybridized carbons (Fsp3) is 0.600. The normalized spacial score (nSPS) is 23.7. The van der Waals surface area contributed by atoms with Crippen molar-refractivity contribution in [3.63, 3.8) is 0 Å². The number of amides is 2. The number of benzene rings is 1. The summed E-state index contributed by atoms with van der Waals surface area (Å²) in [6.45, 7) is 15.0. The number of piperidine rings is 1. The molecule has 0 saturated carbocycles. The Morgan fingerprint density at radius 1 is 1.15 bits per heavy atom. The number of nitrogens with zero attached hydrogens (tertiary/aromatic N) is 5. The SMILES string of the molecule is Cc1ncsc1-c1ccc(C(C)NC(=O)[C@@H]2C[C@@H](O)CN2C(=O)C(c2cc(N3CCN(C[C@@H]4CCCNC4)CC3)no2)C(C)C)cc1. The zero-order valence-electron chi connectivity index (χ0n) is 28.0. The van der Waals surface area contributed by atoms with Crippen molar-refractivity contribution >= 4 is 29.0 Å². The maximum Gasteiger partial charge on any atom is 0.243 e. The van der Waals surface area contributed by atoms with Gasteiger partial charge in [0.05, 0.1) is 28.2 Å². The molecule has 2 amide bonds. The smallest absolute Gasteiger partial charge is 0.243 e. The second kappa shape index (κ2) is 14.8. The van der Waals surface area contributed by atoms with Gasteiger partial charge in [-0.15, -0.1) is 11.3 Å². The van der Waals surface area contributed by atoms with Gasteiger partial charge in [-0.2, -0.15) is 0 Å². The summed E-state index contributed by atoms with van der Waals surface area (Å²) in [5, 5.41) is 21.6. The van der Waals surface area contributed by atoms with E-state index in [1.54, 1.807) is 11.3 Å². The molecule has 0 radical (unpaired) electrons. The summed E-state index contributed by atoms with van der Waals surface area (Å²) in [6.07, 6.45) is 1.97. The van der Waals surface area contributed by atoms with E-state index in [0.29, 0.717) is 5.76 Å². The fourth-order valence-corrected chi connectivity index (χ4v) is 8.11. The van der Waals surface area contributed by atoms with Gasteiger partial charge in [0.15, 0.2) is 11.6 Å². The Kier molecular flexibility index (Phi) is 10.6. The molecule has 6 rings (SSSR count).